The minimum atomic E-state index is -4.24. The third-order valence-corrected chi connectivity index (χ3v) is 9.28. The normalized spacial score (nSPS) is 13.3. The van der Waals surface area contributed by atoms with Crippen LogP contribution in [0.3, 0.4) is 0 Å². The Balaban J connectivity index is 1.66. The molecule has 5 rings (SSSR count). The molecule has 44 heavy (non-hydrogen) atoms. The first-order valence-corrected chi connectivity index (χ1v) is 15.7. The van der Waals surface area contributed by atoms with Crippen molar-refractivity contribution in [2.24, 2.45) is 0 Å². The van der Waals surface area contributed by atoms with E-state index in [-0.39, 0.29) is 11.8 Å². The Labute approximate surface area is 257 Å². The number of amides is 1. The Morgan fingerprint density at radius 2 is 1.84 bits per heavy atom. The number of esters is 1. The number of carbonyl (C=O) groups is 2. The van der Waals surface area contributed by atoms with E-state index in [2.05, 4.69) is 25.4 Å². The Morgan fingerprint density at radius 3 is 2.57 bits per heavy atom. The monoisotopic (exact) mass is 629 g/mol. The fraction of sp³-hybridized carbons (Fsp3) is 0.133. The largest absolute Gasteiger partial charge is 0.468 e. The highest BCUT2D eigenvalue weighted by Crippen LogP contribution is 2.47. The summed E-state index contributed by atoms with van der Waals surface area (Å²) in [6.07, 6.45) is 9.37. The third kappa shape index (κ3) is 6.86. The molecule has 0 aliphatic carbocycles. The quantitative estimate of drug-likeness (QED) is 0.149. The summed E-state index contributed by atoms with van der Waals surface area (Å²) in [6.45, 7) is 1.50. The lowest BCUT2D eigenvalue weighted by Crippen LogP contribution is -2.36. The zero-order valence-corrected chi connectivity index (χ0v) is 25.7. The Kier molecular flexibility index (Phi) is 9.49. The molecule has 3 aromatic heterocycles. The molecule has 2 N–H and O–H groups in total. The van der Waals surface area contributed by atoms with Crippen LogP contribution in [0.1, 0.15) is 28.7 Å². The van der Waals surface area contributed by atoms with Gasteiger partial charge in [0.05, 0.1) is 35.8 Å². The highest BCUT2D eigenvalue weighted by Gasteiger charge is 2.36. The maximum atomic E-state index is 14.8. The molecular weight excluding hydrogens is 601 g/mol. The van der Waals surface area contributed by atoms with Crippen LogP contribution in [0, 0.1) is 0 Å². The molecular formula is C30H28N7O5PS. The summed E-state index contributed by atoms with van der Waals surface area (Å²) < 4.78 is 26.8. The van der Waals surface area contributed by atoms with Gasteiger partial charge in [0.1, 0.15) is 6.04 Å². The van der Waals surface area contributed by atoms with Crippen LogP contribution in [0.15, 0.2) is 95.2 Å². The van der Waals surface area contributed by atoms with Crippen molar-refractivity contribution in [1.29, 1.82) is 0 Å². The SMILES string of the molecule is CNC(=O)c1ccccc1Sc1ccc2c(/C=C/c3ccccn3)nn(P(=O)(N[C@@H](C)C(=O)OC)Oc3cnccn3)c2c1. The van der Waals surface area contributed by atoms with Crippen molar-refractivity contribution in [2.75, 3.05) is 14.2 Å². The van der Waals surface area contributed by atoms with Gasteiger partial charge >= 0.3 is 13.6 Å². The number of ether oxygens (including phenoxy) is 1. The standard InChI is InChI=1S/C30H28N7O5PS/c1-20(30(39)41-3)36-43(40,42-28-19-32-16-17-34-28)37-26-18-22(44-27-10-5-4-9-24(27)29(38)31-2)12-13-23(26)25(35-37)14-11-21-8-6-7-15-33-21/h4-20H,1-3H3,(H,31,38)(H,36,40)/b14-11+/t20-,43?/m0/s1. The van der Waals surface area contributed by atoms with Gasteiger partial charge in [0.2, 0.25) is 5.88 Å². The first-order chi connectivity index (χ1) is 21.3. The van der Waals surface area contributed by atoms with Gasteiger partial charge < -0.3 is 14.6 Å². The molecule has 1 amide bonds. The summed E-state index contributed by atoms with van der Waals surface area (Å²) in [5.41, 5.74) is 2.12. The number of carbonyl (C=O) groups excluding carboxylic acids is 2. The van der Waals surface area contributed by atoms with Crippen molar-refractivity contribution in [1.82, 2.24) is 34.9 Å². The van der Waals surface area contributed by atoms with Crippen molar-refractivity contribution in [3.8, 4) is 5.88 Å². The summed E-state index contributed by atoms with van der Waals surface area (Å²) in [4.78, 5) is 38.8. The van der Waals surface area contributed by atoms with E-state index >= 15 is 0 Å². The predicted octanol–water partition coefficient (Wildman–Crippen LogP) is 5.09. The molecule has 224 valence electrons. The van der Waals surface area contributed by atoms with E-state index in [1.807, 2.05) is 42.5 Å². The smallest absolute Gasteiger partial charge is 0.441 e. The zero-order valence-electron chi connectivity index (χ0n) is 23.9. The fourth-order valence-corrected chi connectivity index (χ4v) is 7.01. The lowest BCUT2D eigenvalue weighted by molar-refractivity contribution is -0.142. The van der Waals surface area contributed by atoms with Gasteiger partial charge in [-0.05, 0) is 61.5 Å². The second-order valence-corrected chi connectivity index (χ2v) is 12.2. The maximum absolute atomic E-state index is 14.8. The Bertz CT molecular complexity index is 1870. The second-order valence-electron chi connectivity index (χ2n) is 9.25. The highest BCUT2D eigenvalue weighted by atomic mass is 32.2. The van der Waals surface area contributed by atoms with Crippen LogP contribution in [0.2, 0.25) is 0 Å². The number of rotatable bonds is 11. The average Bonchev–Trinajstić information content (AvgIpc) is 3.42. The molecule has 3 heterocycles. The number of aromatic nitrogens is 5. The molecule has 0 saturated carbocycles. The molecule has 0 saturated heterocycles. The molecule has 5 aromatic rings. The van der Waals surface area contributed by atoms with Crippen LogP contribution in [-0.4, -0.2) is 56.6 Å². The maximum Gasteiger partial charge on any atom is 0.441 e. The number of methoxy groups -OCH3 is 1. The molecule has 12 nitrogen and oxygen atoms in total. The molecule has 0 spiro atoms. The van der Waals surface area contributed by atoms with Crippen LogP contribution < -0.4 is 14.9 Å². The number of pyridine rings is 1. The topological polar surface area (TPSA) is 150 Å². The zero-order chi connectivity index (χ0) is 31.1. The van der Waals surface area contributed by atoms with E-state index in [4.69, 9.17) is 14.4 Å². The van der Waals surface area contributed by atoms with Crippen LogP contribution in [0.25, 0.3) is 23.1 Å². The van der Waals surface area contributed by atoms with E-state index in [0.29, 0.717) is 27.9 Å². The van der Waals surface area contributed by atoms with Gasteiger partial charge in [0.25, 0.3) is 5.91 Å². The predicted molar refractivity (Wildman–Crippen MR) is 167 cm³/mol. The van der Waals surface area contributed by atoms with Crippen molar-refractivity contribution >= 4 is 54.4 Å². The van der Waals surface area contributed by atoms with E-state index in [1.54, 1.807) is 43.6 Å². The van der Waals surface area contributed by atoms with Crippen LogP contribution in [-0.2, 0) is 14.1 Å². The van der Waals surface area contributed by atoms with Gasteiger partial charge in [-0.1, -0.05) is 30.0 Å². The van der Waals surface area contributed by atoms with Gasteiger partial charge in [-0.15, -0.1) is 0 Å². The highest BCUT2D eigenvalue weighted by molar-refractivity contribution is 7.99. The van der Waals surface area contributed by atoms with E-state index in [1.165, 1.54) is 48.8 Å². The van der Waals surface area contributed by atoms with Gasteiger partial charge in [-0.25, -0.2) is 14.6 Å². The molecule has 0 radical (unpaired) electrons. The lowest BCUT2D eigenvalue weighted by Gasteiger charge is -2.22. The molecule has 14 heteroatoms. The summed E-state index contributed by atoms with van der Waals surface area (Å²) in [7, 11) is -1.43. The van der Waals surface area contributed by atoms with E-state index < -0.39 is 19.7 Å². The summed E-state index contributed by atoms with van der Waals surface area (Å²) in [5.74, 6) is -0.912. The minimum Gasteiger partial charge on any atom is -0.468 e. The van der Waals surface area contributed by atoms with E-state index in [9.17, 15) is 14.2 Å². The van der Waals surface area contributed by atoms with Gasteiger partial charge in [0, 0.05) is 40.8 Å². The lowest BCUT2D eigenvalue weighted by atomic mass is 10.2. The number of nitrogens with one attached hydrogen (secondary N) is 2. The average molecular weight is 630 g/mol. The Morgan fingerprint density at radius 1 is 1.02 bits per heavy atom. The number of nitrogens with zero attached hydrogens (tertiary/aromatic N) is 5. The molecule has 0 bridgehead atoms. The van der Waals surface area contributed by atoms with Crippen LogP contribution >= 0.6 is 19.4 Å². The molecule has 0 aliphatic heterocycles. The van der Waals surface area contributed by atoms with Crippen LogP contribution in [0.5, 0.6) is 5.88 Å². The summed E-state index contributed by atoms with van der Waals surface area (Å²) >= 11 is 1.36. The number of hydrogen-bond donors (Lipinski definition) is 2. The molecule has 0 aliphatic rings. The third-order valence-electron chi connectivity index (χ3n) is 6.27. The number of hydrogen-bond acceptors (Lipinski definition) is 10. The van der Waals surface area contributed by atoms with Crippen molar-refractivity contribution in [3.05, 3.63) is 102 Å². The Hall–Kier alpha value is -4.84. The molecule has 0 fully saturated rings. The fourth-order valence-electron chi connectivity index (χ4n) is 4.19. The summed E-state index contributed by atoms with van der Waals surface area (Å²) in [5, 5.41) is 10.8. The first kappa shape index (κ1) is 30.6. The first-order valence-electron chi connectivity index (χ1n) is 13.3. The minimum absolute atomic E-state index is 0.0420. The van der Waals surface area contributed by atoms with Crippen LogP contribution in [0.4, 0.5) is 0 Å². The molecule has 1 unspecified atom stereocenters. The number of fused-ring (bicyclic) bond motifs is 1. The number of benzene rings is 2. The van der Waals surface area contributed by atoms with Gasteiger partial charge in [-0.3, -0.25) is 19.6 Å². The van der Waals surface area contributed by atoms with Crippen molar-refractivity contribution in [3.63, 3.8) is 0 Å². The van der Waals surface area contributed by atoms with Gasteiger partial charge in [0.15, 0.2) is 0 Å². The van der Waals surface area contributed by atoms with Crippen molar-refractivity contribution < 1.29 is 23.4 Å². The van der Waals surface area contributed by atoms with Gasteiger partial charge in [-0.2, -0.15) is 9.55 Å². The van der Waals surface area contributed by atoms with E-state index in [0.717, 1.165) is 9.79 Å². The summed E-state index contributed by atoms with van der Waals surface area (Å²) in [6, 6.07) is 17.2. The molecule has 2 atom stereocenters. The second kappa shape index (κ2) is 13.6. The van der Waals surface area contributed by atoms with Crippen molar-refractivity contribution in [2.45, 2.75) is 22.8 Å². The molecule has 2 aromatic carbocycles.